The van der Waals surface area contributed by atoms with Crippen LogP contribution in [0, 0.1) is 0 Å². The predicted molar refractivity (Wildman–Crippen MR) is 72.1 cm³/mol. The first kappa shape index (κ1) is 11.3. The third-order valence-corrected chi connectivity index (χ3v) is 4.69. The highest BCUT2D eigenvalue weighted by molar-refractivity contribution is 5.34. The smallest absolute Gasteiger partial charge is 0.0359 e. The molecule has 1 fully saturated rings. The van der Waals surface area contributed by atoms with Crippen molar-refractivity contribution in [1.82, 2.24) is 4.90 Å². The second kappa shape index (κ2) is 4.13. The fraction of sp³-hybridized carbons (Fsp3) is 0.625. The van der Waals surface area contributed by atoms with Crippen LogP contribution in [0.3, 0.4) is 0 Å². The first-order valence-electron chi connectivity index (χ1n) is 7.03. The quantitative estimate of drug-likeness (QED) is 0.705. The molecule has 1 atom stereocenters. The molecule has 1 unspecified atom stereocenters. The van der Waals surface area contributed by atoms with Crippen molar-refractivity contribution in [1.29, 1.82) is 0 Å². The largest absolute Gasteiger partial charge is 0.291 e. The van der Waals surface area contributed by atoms with Crippen molar-refractivity contribution in [2.45, 2.75) is 57.5 Å². The molecule has 0 radical (unpaired) electrons. The summed E-state index contributed by atoms with van der Waals surface area (Å²) in [6, 6.07) is 9.72. The fourth-order valence-electron chi connectivity index (χ4n) is 3.72. The Balaban J connectivity index is 1.91. The molecule has 2 aliphatic rings. The molecule has 1 nitrogen and oxygen atoms in total. The van der Waals surface area contributed by atoms with E-state index in [1.807, 2.05) is 0 Å². The number of hydrogen-bond donors (Lipinski definition) is 0. The van der Waals surface area contributed by atoms with E-state index < -0.39 is 0 Å². The summed E-state index contributed by atoms with van der Waals surface area (Å²) < 4.78 is 0. The van der Waals surface area contributed by atoms with Gasteiger partial charge < -0.3 is 0 Å². The molecule has 0 aromatic heterocycles. The predicted octanol–water partition coefficient (Wildman–Crippen LogP) is 3.94. The molecule has 0 N–H and O–H groups in total. The molecule has 0 bridgehead atoms. The Kier molecular flexibility index (Phi) is 2.74. The maximum atomic E-state index is 2.77. The van der Waals surface area contributed by atoms with E-state index in [0.29, 0.717) is 11.6 Å². The third kappa shape index (κ3) is 1.91. The summed E-state index contributed by atoms with van der Waals surface area (Å²) >= 11 is 0. The standard InChI is InChI=1S/C16H23N/c1-16(2)11-5-6-12-17(16)15-10-9-13-7-3-4-8-14(13)15/h3-4,7-8,15H,5-6,9-12H2,1-2H3. The molecule has 1 heterocycles. The van der Waals surface area contributed by atoms with Crippen LogP contribution in [-0.2, 0) is 6.42 Å². The van der Waals surface area contributed by atoms with Crippen molar-refractivity contribution < 1.29 is 0 Å². The van der Waals surface area contributed by atoms with Crippen LogP contribution in [0.25, 0.3) is 0 Å². The van der Waals surface area contributed by atoms with E-state index >= 15 is 0 Å². The molecule has 1 aromatic rings. The van der Waals surface area contributed by atoms with Crippen molar-refractivity contribution in [3.8, 4) is 0 Å². The number of aryl methyl sites for hydroxylation is 1. The topological polar surface area (TPSA) is 3.24 Å². The van der Waals surface area contributed by atoms with Crippen molar-refractivity contribution in [3.63, 3.8) is 0 Å². The van der Waals surface area contributed by atoms with E-state index in [1.54, 1.807) is 11.1 Å². The molecule has 1 saturated heterocycles. The second-order valence-corrected chi connectivity index (χ2v) is 6.22. The average Bonchev–Trinajstić information content (AvgIpc) is 2.72. The molecular formula is C16H23N. The van der Waals surface area contributed by atoms with Gasteiger partial charge in [-0.3, -0.25) is 4.90 Å². The lowest BCUT2D eigenvalue weighted by Gasteiger charge is -2.46. The molecule has 1 heteroatoms. The van der Waals surface area contributed by atoms with Gasteiger partial charge >= 0.3 is 0 Å². The lowest BCUT2D eigenvalue weighted by molar-refractivity contribution is 0.0327. The first-order chi connectivity index (χ1) is 8.18. The molecule has 1 aliphatic heterocycles. The van der Waals surface area contributed by atoms with Gasteiger partial charge in [-0.05, 0) is 57.2 Å². The fourth-order valence-corrected chi connectivity index (χ4v) is 3.72. The van der Waals surface area contributed by atoms with Gasteiger partial charge in [0, 0.05) is 11.6 Å². The van der Waals surface area contributed by atoms with Crippen LogP contribution in [0.2, 0.25) is 0 Å². The number of rotatable bonds is 1. The molecule has 0 spiro atoms. The zero-order chi connectivity index (χ0) is 11.9. The van der Waals surface area contributed by atoms with Gasteiger partial charge in [-0.15, -0.1) is 0 Å². The molecular weight excluding hydrogens is 206 g/mol. The summed E-state index contributed by atoms with van der Waals surface area (Å²) in [6.07, 6.45) is 6.72. The lowest BCUT2D eigenvalue weighted by Crippen LogP contribution is -2.48. The van der Waals surface area contributed by atoms with Crippen molar-refractivity contribution in [3.05, 3.63) is 35.4 Å². The van der Waals surface area contributed by atoms with E-state index in [0.717, 1.165) is 0 Å². The van der Waals surface area contributed by atoms with Gasteiger partial charge in [0.05, 0.1) is 0 Å². The van der Waals surface area contributed by atoms with Crippen LogP contribution in [0.15, 0.2) is 24.3 Å². The minimum absolute atomic E-state index is 0.389. The van der Waals surface area contributed by atoms with Crippen LogP contribution in [0.5, 0.6) is 0 Å². The third-order valence-electron chi connectivity index (χ3n) is 4.69. The monoisotopic (exact) mass is 229 g/mol. The van der Waals surface area contributed by atoms with E-state index in [1.165, 1.54) is 38.6 Å². The van der Waals surface area contributed by atoms with Gasteiger partial charge in [0.25, 0.3) is 0 Å². The van der Waals surface area contributed by atoms with Crippen molar-refractivity contribution >= 4 is 0 Å². The van der Waals surface area contributed by atoms with Crippen LogP contribution >= 0.6 is 0 Å². The molecule has 17 heavy (non-hydrogen) atoms. The zero-order valence-corrected chi connectivity index (χ0v) is 11.1. The molecule has 1 aromatic carbocycles. The van der Waals surface area contributed by atoms with Gasteiger partial charge in [0.1, 0.15) is 0 Å². The summed E-state index contributed by atoms with van der Waals surface area (Å²) in [5.74, 6) is 0. The SMILES string of the molecule is CC1(C)CCCCN1C1CCc2ccccc21. The highest BCUT2D eigenvalue weighted by Crippen LogP contribution is 2.42. The highest BCUT2D eigenvalue weighted by Gasteiger charge is 2.37. The first-order valence-corrected chi connectivity index (χ1v) is 7.03. The summed E-state index contributed by atoms with van der Waals surface area (Å²) in [5, 5.41) is 0. The minimum atomic E-state index is 0.389. The lowest BCUT2D eigenvalue weighted by atomic mass is 9.87. The summed E-state index contributed by atoms with van der Waals surface area (Å²) in [4.78, 5) is 2.77. The molecule has 3 rings (SSSR count). The van der Waals surface area contributed by atoms with Gasteiger partial charge in [-0.1, -0.05) is 30.7 Å². The van der Waals surface area contributed by atoms with E-state index in [2.05, 4.69) is 43.0 Å². The van der Waals surface area contributed by atoms with Crippen molar-refractivity contribution in [2.24, 2.45) is 0 Å². The summed E-state index contributed by atoms with van der Waals surface area (Å²) in [5.41, 5.74) is 3.57. The van der Waals surface area contributed by atoms with Gasteiger partial charge in [-0.25, -0.2) is 0 Å². The molecule has 92 valence electrons. The summed E-state index contributed by atoms with van der Waals surface area (Å²) in [7, 11) is 0. The molecule has 1 aliphatic carbocycles. The Morgan fingerprint density at radius 1 is 1.18 bits per heavy atom. The van der Waals surface area contributed by atoms with E-state index in [9.17, 15) is 0 Å². The number of benzene rings is 1. The van der Waals surface area contributed by atoms with Gasteiger partial charge in [0.2, 0.25) is 0 Å². The number of fused-ring (bicyclic) bond motifs is 1. The summed E-state index contributed by atoms with van der Waals surface area (Å²) in [6.45, 7) is 6.13. The Hall–Kier alpha value is -0.820. The maximum absolute atomic E-state index is 2.77. The van der Waals surface area contributed by atoms with Crippen LogP contribution < -0.4 is 0 Å². The van der Waals surface area contributed by atoms with E-state index in [-0.39, 0.29) is 0 Å². The zero-order valence-electron chi connectivity index (χ0n) is 11.1. The Bertz CT molecular complexity index is 408. The normalized spacial score (nSPS) is 28.0. The number of likely N-dealkylation sites (tertiary alicyclic amines) is 1. The Morgan fingerprint density at radius 2 is 2.00 bits per heavy atom. The van der Waals surface area contributed by atoms with Crippen LogP contribution in [-0.4, -0.2) is 17.0 Å². The van der Waals surface area contributed by atoms with Gasteiger partial charge in [-0.2, -0.15) is 0 Å². The highest BCUT2D eigenvalue weighted by atomic mass is 15.2. The Morgan fingerprint density at radius 3 is 2.82 bits per heavy atom. The Labute approximate surface area is 105 Å². The number of hydrogen-bond acceptors (Lipinski definition) is 1. The number of piperidine rings is 1. The van der Waals surface area contributed by atoms with Crippen molar-refractivity contribution in [2.75, 3.05) is 6.54 Å². The van der Waals surface area contributed by atoms with Crippen LogP contribution in [0.1, 0.15) is 56.7 Å². The second-order valence-electron chi connectivity index (χ2n) is 6.22. The van der Waals surface area contributed by atoms with Crippen LogP contribution in [0.4, 0.5) is 0 Å². The number of nitrogens with zero attached hydrogens (tertiary/aromatic N) is 1. The minimum Gasteiger partial charge on any atom is -0.291 e. The molecule has 0 saturated carbocycles. The maximum Gasteiger partial charge on any atom is 0.0359 e. The average molecular weight is 229 g/mol. The molecule has 0 amide bonds. The van der Waals surface area contributed by atoms with E-state index in [4.69, 9.17) is 0 Å². The van der Waals surface area contributed by atoms with Gasteiger partial charge in [0.15, 0.2) is 0 Å².